The number of benzene rings is 1. The Morgan fingerprint density at radius 1 is 1.16 bits per heavy atom. The third-order valence-electron chi connectivity index (χ3n) is 6.37. The zero-order valence-electron chi connectivity index (χ0n) is 18.8. The van der Waals surface area contributed by atoms with E-state index in [2.05, 4.69) is 31.6 Å². The summed E-state index contributed by atoms with van der Waals surface area (Å²) in [5.74, 6) is 0.373. The molecule has 0 bridgehead atoms. The van der Waals surface area contributed by atoms with Crippen LogP contribution in [0.25, 0.3) is 0 Å². The SMILES string of the molecule is CC1CCCN1CCCOc1ccc(C(=O)CN2CCN(c3ncccn3)CC2)cc1F. The maximum atomic E-state index is 14.5. The van der Waals surface area contributed by atoms with Gasteiger partial charge in [-0.2, -0.15) is 0 Å². The van der Waals surface area contributed by atoms with Crippen molar-refractivity contribution in [3.05, 3.63) is 48.0 Å². The Hall–Kier alpha value is -2.58. The molecule has 1 aromatic carbocycles. The normalized spacial score (nSPS) is 19.9. The van der Waals surface area contributed by atoms with Gasteiger partial charge in [0.2, 0.25) is 5.95 Å². The first-order valence-electron chi connectivity index (χ1n) is 11.5. The molecule has 0 spiro atoms. The van der Waals surface area contributed by atoms with Crippen LogP contribution in [0.15, 0.2) is 36.7 Å². The topological polar surface area (TPSA) is 61.8 Å². The summed E-state index contributed by atoms with van der Waals surface area (Å²) >= 11 is 0. The molecule has 0 saturated carbocycles. The second-order valence-electron chi connectivity index (χ2n) is 8.61. The number of carbonyl (C=O) groups is 1. The molecule has 2 aliphatic heterocycles. The number of Topliss-reactive ketones (excluding diaryl/α,β-unsaturated/α-hetero) is 1. The van der Waals surface area contributed by atoms with Gasteiger partial charge < -0.3 is 14.5 Å². The number of hydrogen-bond donors (Lipinski definition) is 0. The second-order valence-corrected chi connectivity index (χ2v) is 8.61. The molecule has 172 valence electrons. The minimum absolute atomic E-state index is 0.0807. The van der Waals surface area contributed by atoms with E-state index in [1.54, 1.807) is 30.6 Å². The maximum Gasteiger partial charge on any atom is 0.225 e. The molecule has 2 saturated heterocycles. The van der Waals surface area contributed by atoms with E-state index in [-0.39, 0.29) is 18.1 Å². The van der Waals surface area contributed by atoms with E-state index in [9.17, 15) is 9.18 Å². The van der Waals surface area contributed by atoms with Crippen molar-refractivity contribution in [3.8, 4) is 5.75 Å². The molecule has 4 rings (SSSR count). The number of carbonyl (C=O) groups excluding carboxylic acids is 1. The number of rotatable bonds is 9. The molecule has 1 unspecified atom stereocenters. The lowest BCUT2D eigenvalue weighted by molar-refractivity contribution is 0.0925. The van der Waals surface area contributed by atoms with Crippen LogP contribution in [0.5, 0.6) is 5.75 Å². The van der Waals surface area contributed by atoms with E-state index in [1.165, 1.54) is 18.9 Å². The van der Waals surface area contributed by atoms with Crippen molar-refractivity contribution in [1.82, 2.24) is 19.8 Å². The number of anilines is 1. The smallest absolute Gasteiger partial charge is 0.225 e. The Labute approximate surface area is 189 Å². The molecule has 7 nitrogen and oxygen atoms in total. The lowest BCUT2D eigenvalue weighted by atomic mass is 10.1. The molecule has 8 heteroatoms. The van der Waals surface area contributed by atoms with Gasteiger partial charge in [0.15, 0.2) is 17.3 Å². The second kappa shape index (κ2) is 10.8. The van der Waals surface area contributed by atoms with Gasteiger partial charge in [0.1, 0.15) is 0 Å². The summed E-state index contributed by atoms with van der Waals surface area (Å²) < 4.78 is 20.1. The number of aromatic nitrogens is 2. The van der Waals surface area contributed by atoms with Crippen molar-refractivity contribution in [2.75, 3.05) is 57.3 Å². The Balaban J connectivity index is 1.21. The highest BCUT2D eigenvalue weighted by atomic mass is 19.1. The van der Waals surface area contributed by atoms with Crippen LogP contribution in [0.3, 0.4) is 0 Å². The van der Waals surface area contributed by atoms with Crippen molar-refractivity contribution in [1.29, 1.82) is 0 Å². The lowest BCUT2D eigenvalue weighted by Crippen LogP contribution is -2.48. The minimum Gasteiger partial charge on any atom is -0.490 e. The Morgan fingerprint density at radius 3 is 2.62 bits per heavy atom. The molecule has 1 atom stereocenters. The van der Waals surface area contributed by atoms with E-state index in [4.69, 9.17) is 4.74 Å². The molecule has 32 heavy (non-hydrogen) atoms. The fourth-order valence-corrected chi connectivity index (χ4v) is 4.42. The van der Waals surface area contributed by atoms with Gasteiger partial charge in [-0.15, -0.1) is 0 Å². The van der Waals surface area contributed by atoms with E-state index in [0.29, 0.717) is 24.2 Å². The monoisotopic (exact) mass is 441 g/mol. The zero-order valence-corrected chi connectivity index (χ0v) is 18.8. The Kier molecular flexibility index (Phi) is 7.65. The maximum absolute atomic E-state index is 14.5. The molecule has 0 N–H and O–H groups in total. The summed E-state index contributed by atoms with van der Waals surface area (Å²) in [4.78, 5) is 27.9. The first kappa shape index (κ1) is 22.6. The van der Waals surface area contributed by atoms with Gasteiger partial charge in [0.25, 0.3) is 0 Å². The Morgan fingerprint density at radius 2 is 1.94 bits per heavy atom. The summed E-state index contributed by atoms with van der Waals surface area (Å²) in [6, 6.07) is 6.96. The fraction of sp³-hybridized carbons (Fsp3) is 0.542. The van der Waals surface area contributed by atoms with Crippen molar-refractivity contribution < 1.29 is 13.9 Å². The molecular weight excluding hydrogens is 409 g/mol. The predicted molar refractivity (Wildman–Crippen MR) is 122 cm³/mol. The van der Waals surface area contributed by atoms with Crippen LogP contribution in [-0.2, 0) is 0 Å². The van der Waals surface area contributed by atoms with Gasteiger partial charge in [-0.25, -0.2) is 14.4 Å². The third-order valence-corrected chi connectivity index (χ3v) is 6.37. The predicted octanol–water partition coefficient (Wildman–Crippen LogP) is 2.87. The van der Waals surface area contributed by atoms with Gasteiger partial charge >= 0.3 is 0 Å². The molecule has 2 aromatic rings. The van der Waals surface area contributed by atoms with Gasteiger partial charge in [0.05, 0.1) is 13.2 Å². The number of piperazine rings is 1. The van der Waals surface area contributed by atoms with Gasteiger partial charge in [0, 0.05) is 56.7 Å². The standard InChI is InChI=1S/C24H32FN5O2/c1-19-5-2-10-29(19)11-4-16-32-23-7-6-20(17-21(23)25)22(31)18-28-12-14-30(15-13-28)24-26-8-3-9-27-24/h3,6-9,17,19H,2,4-5,10-16,18H2,1H3. The molecule has 3 heterocycles. The summed E-state index contributed by atoms with van der Waals surface area (Å²) in [6.07, 6.45) is 6.83. The molecular formula is C24H32FN5O2. The van der Waals surface area contributed by atoms with Crippen LogP contribution < -0.4 is 9.64 Å². The van der Waals surface area contributed by atoms with E-state index < -0.39 is 5.82 Å². The van der Waals surface area contributed by atoms with Crippen LogP contribution in [-0.4, -0.2) is 84.0 Å². The van der Waals surface area contributed by atoms with Crippen LogP contribution in [0.2, 0.25) is 0 Å². The quantitative estimate of drug-likeness (QED) is 0.438. The minimum atomic E-state index is -0.476. The van der Waals surface area contributed by atoms with E-state index >= 15 is 0 Å². The number of likely N-dealkylation sites (tertiary alicyclic amines) is 1. The van der Waals surface area contributed by atoms with Crippen molar-refractivity contribution in [2.24, 2.45) is 0 Å². The van der Waals surface area contributed by atoms with Gasteiger partial charge in [-0.3, -0.25) is 9.69 Å². The summed E-state index contributed by atoms with van der Waals surface area (Å²) in [5.41, 5.74) is 0.384. The highest BCUT2D eigenvalue weighted by Crippen LogP contribution is 2.20. The molecule has 0 amide bonds. The Bertz CT molecular complexity index is 889. The van der Waals surface area contributed by atoms with Gasteiger partial charge in [-0.05, 0) is 57.0 Å². The molecule has 0 radical (unpaired) electrons. The lowest BCUT2D eigenvalue weighted by Gasteiger charge is -2.34. The molecule has 1 aromatic heterocycles. The third kappa shape index (κ3) is 5.81. The first-order chi connectivity index (χ1) is 15.6. The van der Waals surface area contributed by atoms with Crippen molar-refractivity contribution in [2.45, 2.75) is 32.2 Å². The largest absolute Gasteiger partial charge is 0.490 e. The van der Waals surface area contributed by atoms with Crippen LogP contribution >= 0.6 is 0 Å². The molecule has 2 fully saturated rings. The van der Waals surface area contributed by atoms with Crippen LogP contribution in [0.4, 0.5) is 10.3 Å². The number of ether oxygens (including phenoxy) is 1. The summed E-state index contributed by atoms with van der Waals surface area (Å²) in [6.45, 7) is 8.11. The van der Waals surface area contributed by atoms with Gasteiger partial charge in [-0.1, -0.05) is 0 Å². The highest BCUT2D eigenvalue weighted by molar-refractivity contribution is 5.97. The average molecular weight is 442 g/mol. The molecule has 0 aliphatic carbocycles. The summed E-state index contributed by atoms with van der Waals surface area (Å²) in [7, 11) is 0. The number of ketones is 1. The number of halogens is 1. The van der Waals surface area contributed by atoms with E-state index in [0.717, 1.165) is 45.7 Å². The van der Waals surface area contributed by atoms with Crippen molar-refractivity contribution in [3.63, 3.8) is 0 Å². The first-order valence-corrected chi connectivity index (χ1v) is 11.5. The van der Waals surface area contributed by atoms with Crippen LogP contribution in [0.1, 0.15) is 36.5 Å². The number of hydrogen-bond acceptors (Lipinski definition) is 7. The van der Waals surface area contributed by atoms with E-state index in [1.807, 2.05) is 0 Å². The highest BCUT2D eigenvalue weighted by Gasteiger charge is 2.22. The average Bonchev–Trinajstić information content (AvgIpc) is 3.23. The van der Waals surface area contributed by atoms with Crippen molar-refractivity contribution >= 4 is 11.7 Å². The molecule has 2 aliphatic rings. The number of nitrogens with zero attached hydrogens (tertiary/aromatic N) is 5. The fourth-order valence-electron chi connectivity index (χ4n) is 4.42. The van der Waals surface area contributed by atoms with Crippen LogP contribution in [0, 0.1) is 5.82 Å². The summed E-state index contributed by atoms with van der Waals surface area (Å²) in [5, 5.41) is 0. The zero-order chi connectivity index (χ0) is 22.3.